The maximum absolute atomic E-state index is 12.3. The van der Waals surface area contributed by atoms with Gasteiger partial charge in [0.05, 0.1) is 0 Å². The first-order valence-corrected chi connectivity index (χ1v) is 10.2. The number of hydrogen-bond acceptors (Lipinski definition) is 4. The monoisotopic (exact) mass is 357 g/mol. The molecule has 3 saturated heterocycles. The molecule has 5 heteroatoms. The number of nitrogens with zero attached hydrogens (tertiary/aromatic N) is 2. The number of likely N-dealkylation sites (tertiary alicyclic amines) is 1. The Morgan fingerprint density at radius 3 is 2.77 bits per heavy atom. The van der Waals surface area contributed by atoms with Crippen LogP contribution < -0.4 is 10.2 Å². The lowest BCUT2D eigenvalue weighted by molar-refractivity contribution is -0.124. The van der Waals surface area contributed by atoms with Crippen LogP contribution >= 0.6 is 0 Å². The highest BCUT2D eigenvalue weighted by atomic mass is 16.5. The van der Waals surface area contributed by atoms with E-state index in [9.17, 15) is 4.79 Å². The van der Waals surface area contributed by atoms with Crippen LogP contribution in [0.1, 0.15) is 44.6 Å². The van der Waals surface area contributed by atoms with E-state index in [0.29, 0.717) is 12.6 Å². The lowest BCUT2D eigenvalue weighted by atomic mass is 10.1. The predicted molar refractivity (Wildman–Crippen MR) is 105 cm³/mol. The summed E-state index contributed by atoms with van der Waals surface area (Å²) in [5, 5.41) is 3.04. The van der Waals surface area contributed by atoms with Gasteiger partial charge in [0.15, 0.2) is 0 Å². The number of ether oxygens (including phenoxy) is 1. The number of benzene rings is 1. The maximum Gasteiger partial charge on any atom is 0.253 e. The molecule has 4 rings (SSSR count). The summed E-state index contributed by atoms with van der Waals surface area (Å²) in [4.78, 5) is 17.5. The molecule has 3 aliphatic rings. The highest BCUT2D eigenvalue weighted by Crippen LogP contribution is 2.30. The van der Waals surface area contributed by atoms with Crippen molar-refractivity contribution in [2.45, 2.75) is 64.1 Å². The molecule has 1 aromatic rings. The smallest absolute Gasteiger partial charge is 0.253 e. The second kappa shape index (κ2) is 7.57. The standard InChI is InChI=1S/C21H31N3O2/c1-15-13-17(7-8-19(15)22-21(25)20-6-4-12-26-20)23-11-9-18(14-23)24-10-3-5-16(24)2/h7-8,13,16,18,20H,3-6,9-12,14H2,1-2H3,(H,22,25)/t16-,18-,20?/m0/s1. The van der Waals surface area contributed by atoms with Crippen LogP contribution in [0.5, 0.6) is 0 Å². The van der Waals surface area contributed by atoms with Crippen LogP contribution in [0.25, 0.3) is 0 Å². The largest absolute Gasteiger partial charge is 0.370 e. The Labute approximate surface area is 156 Å². The molecule has 1 unspecified atom stereocenters. The van der Waals surface area contributed by atoms with Crippen molar-refractivity contribution in [1.29, 1.82) is 0 Å². The van der Waals surface area contributed by atoms with E-state index in [0.717, 1.165) is 43.2 Å². The molecule has 3 fully saturated rings. The molecule has 3 atom stereocenters. The van der Waals surface area contributed by atoms with E-state index in [2.05, 4.69) is 41.1 Å². The summed E-state index contributed by atoms with van der Waals surface area (Å²) in [7, 11) is 0. The fourth-order valence-electron chi connectivity index (χ4n) is 4.73. The van der Waals surface area contributed by atoms with Gasteiger partial charge < -0.3 is 15.0 Å². The molecule has 0 aromatic heterocycles. The molecule has 1 aromatic carbocycles. The molecule has 3 aliphatic heterocycles. The third-order valence-corrected chi connectivity index (χ3v) is 6.29. The minimum atomic E-state index is -0.282. The Morgan fingerprint density at radius 2 is 2.08 bits per heavy atom. The summed E-state index contributed by atoms with van der Waals surface area (Å²) >= 11 is 0. The summed E-state index contributed by atoms with van der Waals surface area (Å²) in [6.07, 6.45) is 5.45. The number of carbonyl (C=O) groups excluding carboxylic acids is 1. The van der Waals surface area contributed by atoms with Gasteiger partial charge in [-0.3, -0.25) is 9.69 Å². The van der Waals surface area contributed by atoms with Crippen LogP contribution in [-0.2, 0) is 9.53 Å². The van der Waals surface area contributed by atoms with Crippen molar-refractivity contribution in [3.05, 3.63) is 23.8 Å². The van der Waals surface area contributed by atoms with E-state index in [1.165, 1.54) is 31.5 Å². The minimum Gasteiger partial charge on any atom is -0.370 e. The highest BCUT2D eigenvalue weighted by molar-refractivity contribution is 5.95. The van der Waals surface area contributed by atoms with Crippen molar-refractivity contribution in [2.24, 2.45) is 0 Å². The zero-order valence-corrected chi connectivity index (χ0v) is 16.0. The molecule has 0 radical (unpaired) electrons. The van der Waals surface area contributed by atoms with Crippen molar-refractivity contribution in [3.63, 3.8) is 0 Å². The molecular formula is C21H31N3O2. The second-order valence-corrected chi connectivity index (χ2v) is 8.11. The lowest BCUT2D eigenvalue weighted by Crippen LogP contribution is -2.39. The molecule has 0 saturated carbocycles. The van der Waals surface area contributed by atoms with Crippen LogP contribution in [0, 0.1) is 6.92 Å². The number of anilines is 2. The number of amides is 1. The maximum atomic E-state index is 12.3. The lowest BCUT2D eigenvalue weighted by Gasteiger charge is -2.28. The molecule has 0 aliphatic carbocycles. The SMILES string of the molecule is Cc1cc(N2CC[C@H](N3CCC[C@@H]3C)C2)ccc1NC(=O)C1CCCO1. The van der Waals surface area contributed by atoms with Gasteiger partial charge in [0.1, 0.15) is 6.10 Å². The van der Waals surface area contributed by atoms with Gasteiger partial charge in [0.25, 0.3) is 5.91 Å². The van der Waals surface area contributed by atoms with E-state index in [1.807, 2.05) is 6.07 Å². The minimum absolute atomic E-state index is 0.0115. The van der Waals surface area contributed by atoms with Gasteiger partial charge in [-0.1, -0.05) is 0 Å². The molecule has 0 spiro atoms. The van der Waals surface area contributed by atoms with Gasteiger partial charge in [-0.05, 0) is 76.3 Å². The Bertz CT molecular complexity index is 657. The predicted octanol–water partition coefficient (Wildman–Crippen LogP) is 3.18. The Balaban J connectivity index is 1.39. The van der Waals surface area contributed by atoms with Crippen molar-refractivity contribution < 1.29 is 9.53 Å². The molecule has 142 valence electrons. The first kappa shape index (κ1) is 17.8. The number of aryl methyl sites for hydroxylation is 1. The van der Waals surface area contributed by atoms with Gasteiger partial charge in [-0.15, -0.1) is 0 Å². The Morgan fingerprint density at radius 1 is 1.19 bits per heavy atom. The number of rotatable bonds is 4. The quantitative estimate of drug-likeness (QED) is 0.899. The normalized spacial score (nSPS) is 29.5. The molecule has 5 nitrogen and oxygen atoms in total. The van der Waals surface area contributed by atoms with Crippen molar-refractivity contribution in [1.82, 2.24) is 4.90 Å². The highest BCUT2D eigenvalue weighted by Gasteiger charge is 2.33. The van der Waals surface area contributed by atoms with E-state index >= 15 is 0 Å². The third kappa shape index (κ3) is 3.60. The van der Waals surface area contributed by atoms with Crippen molar-refractivity contribution in [2.75, 3.05) is 36.5 Å². The van der Waals surface area contributed by atoms with Crippen LogP contribution in [0.3, 0.4) is 0 Å². The van der Waals surface area contributed by atoms with E-state index < -0.39 is 0 Å². The Kier molecular flexibility index (Phi) is 5.18. The van der Waals surface area contributed by atoms with E-state index in [4.69, 9.17) is 4.74 Å². The molecule has 1 amide bonds. The van der Waals surface area contributed by atoms with Gasteiger partial charge in [-0.2, -0.15) is 0 Å². The van der Waals surface area contributed by atoms with Crippen molar-refractivity contribution >= 4 is 17.3 Å². The van der Waals surface area contributed by atoms with Gasteiger partial charge in [-0.25, -0.2) is 0 Å². The number of carbonyl (C=O) groups is 1. The molecule has 26 heavy (non-hydrogen) atoms. The number of hydrogen-bond donors (Lipinski definition) is 1. The summed E-state index contributed by atoms with van der Waals surface area (Å²) in [6, 6.07) is 7.82. The third-order valence-electron chi connectivity index (χ3n) is 6.29. The molecule has 0 bridgehead atoms. The zero-order chi connectivity index (χ0) is 18.1. The fourth-order valence-corrected chi connectivity index (χ4v) is 4.73. The topological polar surface area (TPSA) is 44.8 Å². The fraction of sp³-hybridized carbons (Fsp3) is 0.667. The van der Waals surface area contributed by atoms with Crippen LogP contribution in [0.4, 0.5) is 11.4 Å². The molecule has 1 N–H and O–H groups in total. The average Bonchev–Trinajstić information content (AvgIpc) is 3.37. The summed E-state index contributed by atoms with van der Waals surface area (Å²) < 4.78 is 5.48. The zero-order valence-electron chi connectivity index (χ0n) is 16.0. The van der Waals surface area contributed by atoms with Gasteiger partial charge >= 0.3 is 0 Å². The first-order valence-electron chi connectivity index (χ1n) is 10.2. The first-order chi connectivity index (χ1) is 12.6. The molecule has 3 heterocycles. The average molecular weight is 357 g/mol. The summed E-state index contributed by atoms with van der Waals surface area (Å²) in [5.41, 5.74) is 3.29. The van der Waals surface area contributed by atoms with Crippen LogP contribution in [-0.4, -0.2) is 55.2 Å². The van der Waals surface area contributed by atoms with Crippen LogP contribution in [0.2, 0.25) is 0 Å². The number of nitrogens with one attached hydrogen (secondary N) is 1. The van der Waals surface area contributed by atoms with E-state index in [1.54, 1.807) is 0 Å². The van der Waals surface area contributed by atoms with Gasteiger partial charge in [0, 0.05) is 43.2 Å². The second-order valence-electron chi connectivity index (χ2n) is 8.11. The summed E-state index contributed by atoms with van der Waals surface area (Å²) in [5.74, 6) is -0.0115. The van der Waals surface area contributed by atoms with E-state index in [-0.39, 0.29) is 12.0 Å². The Hall–Kier alpha value is -1.59. The van der Waals surface area contributed by atoms with Crippen LogP contribution in [0.15, 0.2) is 18.2 Å². The summed E-state index contributed by atoms with van der Waals surface area (Å²) in [6.45, 7) is 8.63. The molecular weight excluding hydrogens is 326 g/mol. The van der Waals surface area contributed by atoms with Gasteiger partial charge in [0.2, 0.25) is 0 Å². The van der Waals surface area contributed by atoms with Crippen molar-refractivity contribution in [3.8, 4) is 0 Å².